The molecule has 1 atom stereocenters. The van der Waals surface area contributed by atoms with Gasteiger partial charge in [0.25, 0.3) is 0 Å². The first-order chi connectivity index (χ1) is 7.26. The second kappa shape index (κ2) is 6.46. The summed E-state index contributed by atoms with van der Waals surface area (Å²) in [5, 5.41) is 0. The lowest BCUT2D eigenvalue weighted by atomic mass is 10.1. The van der Waals surface area contributed by atoms with E-state index in [1.54, 1.807) is 0 Å². The summed E-state index contributed by atoms with van der Waals surface area (Å²) in [4.78, 5) is 0. The highest BCUT2D eigenvalue weighted by molar-refractivity contribution is 5.27. The number of benzene rings is 1. The first kappa shape index (κ1) is 12.1. The van der Waals surface area contributed by atoms with Gasteiger partial charge in [-0.3, -0.25) is 0 Å². The Kier molecular flexibility index (Phi) is 5.19. The van der Waals surface area contributed by atoms with Crippen molar-refractivity contribution in [3.8, 4) is 5.75 Å². The molecule has 1 rings (SSSR count). The van der Waals surface area contributed by atoms with E-state index in [0.29, 0.717) is 19.1 Å². The van der Waals surface area contributed by atoms with Crippen LogP contribution in [0, 0.1) is 5.92 Å². The van der Waals surface area contributed by atoms with Crippen LogP contribution in [-0.4, -0.2) is 13.2 Å². The van der Waals surface area contributed by atoms with Gasteiger partial charge in [-0.2, -0.15) is 0 Å². The molecule has 0 spiro atoms. The van der Waals surface area contributed by atoms with Crippen molar-refractivity contribution < 1.29 is 4.74 Å². The van der Waals surface area contributed by atoms with Crippen LogP contribution < -0.4 is 10.5 Å². The number of ether oxygens (including phenoxy) is 1. The Bertz CT molecular complexity index is 268. The minimum atomic E-state index is 0.417. The fraction of sp³-hybridized carbons (Fsp3) is 0.538. The number of hydrogen-bond acceptors (Lipinski definition) is 2. The van der Waals surface area contributed by atoms with Crippen molar-refractivity contribution in [2.24, 2.45) is 11.7 Å². The minimum Gasteiger partial charge on any atom is -0.493 e. The smallest absolute Gasteiger partial charge is 0.119 e. The standard InChI is InChI=1S/C13H21NO/c1-3-4-12-5-7-13(8-6-12)15-10-11(2)9-14/h5-8,11H,3-4,9-10,14H2,1-2H3. The molecular formula is C13H21NO. The zero-order valence-corrected chi connectivity index (χ0v) is 9.70. The van der Waals surface area contributed by atoms with E-state index in [4.69, 9.17) is 10.5 Å². The average Bonchev–Trinajstić information content (AvgIpc) is 2.28. The lowest BCUT2D eigenvalue weighted by Crippen LogP contribution is -2.18. The molecule has 0 fully saturated rings. The molecule has 0 aliphatic rings. The van der Waals surface area contributed by atoms with Gasteiger partial charge < -0.3 is 10.5 Å². The first-order valence-electron chi connectivity index (χ1n) is 5.68. The predicted molar refractivity (Wildman–Crippen MR) is 64.2 cm³/mol. The maximum atomic E-state index is 5.61. The van der Waals surface area contributed by atoms with E-state index in [1.807, 2.05) is 12.1 Å². The fourth-order valence-corrected chi connectivity index (χ4v) is 1.35. The molecule has 0 bridgehead atoms. The van der Waals surface area contributed by atoms with Crippen molar-refractivity contribution in [1.82, 2.24) is 0 Å². The van der Waals surface area contributed by atoms with E-state index >= 15 is 0 Å². The molecule has 2 nitrogen and oxygen atoms in total. The molecule has 1 aromatic rings. The van der Waals surface area contributed by atoms with Gasteiger partial charge in [-0.1, -0.05) is 32.4 Å². The van der Waals surface area contributed by atoms with Crippen molar-refractivity contribution >= 4 is 0 Å². The molecule has 0 saturated carbocycles. The summed E-state index contributed by atoms with van der Waals surface area (Å²) >= 11 is 0. The van der Waals surface area contributed by atoms with E-state index in [0.717, 1.165) is 12.2 Å². The predicted octanol–water partition coefficient (Wildman–Crippen LogP) is 2.61. The third-order valence-corrected chi connectivity index (χ3v) is 2.40. The molecule has 84 valence electrons. The van der Waals surface area contributed by atoms with E-state index in [-0.39, 0.29) is 0 Å². The molecule has 0 heterocycles. The van der Waals surface area contributed by atoms with Crippen LogP contribution in [0.2, 0.25) is 0 Å². The summed E-state index contributed by atoms with van der Waals surface area (Å²) in [5.41, 5.74) is 6.89. The highest BCUT2D eigenvalue weighted by atomic mass is 16.5. The maximum absolute atomic E-state index is 5.61. The van der Waals surface area contributed by atoms with E-state index < -0.39 is 0 Å². The average molecular weight is 207 g/mol. The van der Waals surface area contributed by atoms with Crippen LogP contribution in [0.1, 0.15) is 25.8 Å². The van der Waals surface area contributed by atoms with Crippen LogP contribution in [0.25, 0.3) is 0 Å². The normalized spacial score (nSPS) is 12.5. The Balaban J connectivity index is 2.42. The van der Waals surface area contributed by atoms with Crippen molar-refractivity contribution in [3.63, 3.8) is 0 Å². The summed E-state index contributed by atoms with van der Waals surface area (Å²) in [5.74, 6) is 1.36. The Labute approximate surface area is 92.4 Å². The van der Waals surface area contributed by atoms with E-state index in [1.165, 1.54) is 12.0 Å². The highest BCUT2D eigenvalue weighted by Crippen LogP contribution is 2.14. The molecule has 2 heteroatoms. The lowest BCUT2D eigenvalue weighted by molar-refractivity contribution is 0.264. The molecule has 2 N–H and O–H groups in total. The Hall–Kier alpha value is -1.02. The first-order valence-corrected chi connectivity index (χ1v) is 5.68. The van der Waals surface area contributed by atoms with Gasteiger partial charge in [0.1, 0.15) is 5.75 Å². The quantitative estimate of drug-likeness (QED) is 0.778. The molecule has 1 aromatic carbocycles. The van der Waals surface area contributed by atoms with Gasteiger partial charge >= 0.3 is 0 Å². The zero-order chi connectivity index (χ0) is 11.1. The Morgan fingerprint density at radius 3 is 2.47 bits per heavy atom. The molecule has 0 aromatic heterocycles. The molecule has 0 radical (unpaired) electrons. The molecular weight excluding hydrogens is 186 g/mol. The number of rotatable bonds is 6. The van der Waals surface area contributed by atoms with Crippen LogP contribution in [0.3, 0.4) is 0 Å². The lowest BCUT2D eigenvalue weighted by Gasteiger charge is -2.11. The number of aryl methyl sites for hydroxylation is 1. The molecule has 0 aliphatic heterocycles. The maximum Gasteiger partial charge on any atom is 0.119 e. The molecule has 15 heavy (non-hydrogen) atoms. The summed E-state index contributed by atoms with van der Waals surface area (Å²) < 4.78 is 5.61. The van der Waals surface area contributed by atoms with Crippen LogP contribution in [-0.2, 0) is 6.42 Å². The molecule has 0 saturated heterocycles. The fourth-order valence-electron chi connectivity index (χ4n) is 1.35. The van der Waals surface area contributed by atoms with Crippen LogP contribution in [0.5, 0.6) is 5.75 Å². The van der Waals surface area contributed by atoms with Crippen LogP contribution >= 0.6 is 0 Å². The third kappa shape index (κ3) is 4.34. The van der Waals surface area contributed by atoms with Gasteiger partial charge in [0.15, 0.2) is 0 Å². The number of nitrogens with two attached hydrogens (primary N) is 1. The van der Waals surface area contributed by atoms with Crippen molar-refractivity contribution in [1.29, 1.82) is 0 Å². The van der Waals surface area contributed by atoms with Gasteiger partial charge in [-0.05, 0) is 30.7 Å². The second-order valence-corrected chi connectivity index (χ2v) is 4.05. The van der Waals surface area contributed by atoms with Crippen molar-refractivity contribution in [2.75, 3.05) is 13.2 Å². The molecule has 1 unspecified atom stereocenters. The van der Waals surface area contributed by atoms with Gasteiger partial charge in [0.2, 0.25) is 0 Å². The summed E-state index contributed by atoms with van der Waals surface area (Å²) in [7, 11) is 0. The van der Waals surface area contributed by atoms with E-state index in [2.05, 4.69) is 26.0 Å². The van der Waals surface area contributed by atoms with Gasteiger partial charge in [0.05, 0.1) is 6.61 Å². The Morgan fingerprint density at radius 2 is 1.93 bits per heavy atom. The van der Waals surface area contributed by atoms with Crippen LogP contribution in [0.15, 0.2) is 24.3 Å². The van der Waals surface area contributed by atoms with Gasteiger partial charge in [0, 0.05) is 5.92 Å². The third-order valence-electron chi connectivity index (χ3n) is 2.40. The topological polar surface area (TPSA) is 35.2 Å². The SMILES string of the molecule is CCCc1ccc(OCC(C)CN)cc1. The minimum absolute atomic E-state index is 0.417. The number of hydrogen-bond donors (Lipinski definition) is 1. The van der Waals surface area contributed by atoms with Gasteiger partial charge in [-0.15, -0.1) is 0 Å². The highest BCUT2D eigenvalue weighted by Gasteiger charge is 2.00. The zero-order valence-electron chi connectivity index (χ0n) is 9.70. The molecule has 0 amide bonds. The summed E-state index contributed by atoms with van der Waals surface area (Å²) in [6.45, 7) is 5.65. The van der Waals surface area contributed by atoms with Gasteiger partial charge in [-0.25, -0.2) is 0 Å². The summed E-state index contributed by atoms with van der Waals surface area (Å²) in [6.07, 6.45) is 2.32. The van der Waals surface area contributed by atoms with Crippen LogP contribution in [0.4, 0.5) is 0 Å². The second-order valence-electron chi connectivity index (χ2n) is 4.05. The largest absolute Gasteiger partial charge is 0.493 e. The molecule has 0 aliphatic carbocycles. The van der Waals surface area contributed by atoms with Crippen molar-refractivity contribution in [3.05, 3.63) is 29.8 Å². The summed E-state index contributed by atoms with van der Waals surface area (Å²) in [6, 6.07) is 8.33. The van der Waals surface area contributed by atoms with E-state index in [9.17, 15) is 0 Å². The Morgan fingerprint density at radius 1 is 1.27 bits per heavy atom. The monoisotopic (exact) mass is 207 g/mol. The van der Waals surface area contributed by atoms with Crippen molar-refractivity contribution in [2.45, 2.75) is 26.7 Å².